The van der Waals surface area contributed by atoms with Crippen LogP contribution in [0.4, 0.5) is 0 Å². The van der Waals surface area contributed by atoms with Crippen molar-refractivity contribution in [1.29, 1.82) is 0 Å². The third-order valence-corrected chi connectivity index (χ3v) is 7.38. The predicted molar refractivity (Wildman–Crippen MR) is 81.2 cm³/mol. The SMILES string of the molecule is Cc1cc(C(Cl)c2cc(Br)c(C)s2)sc1Br. The van der Waals surface area contributed by atoms with Gasteiger partial charge in [-0.2, -0.15) is 0 Å². The van der Waals surface area contributed by atoms with Crippen LogP contribution in [-0.2, 0) is 0 Å². The second-order valence-corrected chi connectivity index (χ2v) is 8.50. The average molecular weight is 401 g/mol. The molecule has 0 saturated heterocycles. The molecular weight excluding hydrogens is 392 g/mol. The Labute approximate surface area is 125 Å². The van der Waals surface area contributed by atoms with Gasteiger partial charge in [0.25, 0.3) is 0 Å². The van der Waals surface area contributed by atoms with Crippen molar-refractivity contribution in [3.8, 4) is 0 Å². The van der Waals surface area contributed by atoms with Crippen LogP contribution >= 0.6 is 66.1 Å². The molecule has 0 N–H and O–H groups in total. The predicted octanol–water partition coefficient (Wildman–Crippen LogP) is 6.28. The van der Waals surface area contributed by atoms with Crippen LogP contribution in [0.15, 0.2) is 20.4 Å². The molecule has 0 aromatic carbocycles. The minimum Gasteiger partial charge on any atom is -0.143 e. The topological polar surface area (TPSA) is 0 Å². The van der Waals surface area contributed by atoms with Crippen molar-refractivity contribution in [3.05, 3.63) is 40.6 Å². The van der Waals surface area contributed by atoms with Crippen molar-refractivity contribution in [3.63, 3.8) is 0 Å². The standard InChI is InChI=1S/C11H9Br2ClS2/c1-5-3-8(16-11(5)13)10(14)9-4-7(12)6(2)15-9/h3-4,10H,1-2H3. The third-order valence-electron chi connectivity index (χ3n) is 2.25. The lowest BCUT2D eigenvalue weighted by molar-refractivity contribution is 1.23. The fourth-order valence-corrected chi connectivity index (χ4v) is 4.95. The molecule has 2 aromatic heterocycles. The fourth-order valence-electron chi connectivity index (χ4n) is 1.36. The maximum atomic E-state index is 6.48. The number of thiophene rings is 2. The van der Waals surface area contributed by atoms with E-state index in [1.165, 1.54) is 24.0 Å². The molecule has 1 unspecified atom stereocenters. The van der Waals surface area contributed by atoms with E-state index in [1.807, 2.05) is 0 Å². The van der Waals surface area contributed by atoms with Crippen LogP contribution in [0.3, 0.4) is 0 Å². The summed E-state index contributed by atoms with van der Waals surface area (Å²) in [5.74, 6) is 0. The molecule has 0 amide bonds. The molecule has 1 atom stereocenters. The molecule has 2 heterocycles. The number of rotatable bonds is 2. The van der Waals surface area contributed by atoms with Gasteiger partial charge < -0.3 is 0 Å². The second-order valence-electron chi connectivity index (χ2n) is 3.52. The summed E-state index contributed by atoms with van der Waals surface area (Å²) in [6.07, 6.45) is 0. The summed E-state index contributed by atoms with van der Waals surface area (Å²) < 4.78 is 2.31. The Hall–Kier alpha value is 0.650. The normalized spacial score (nSPS) is 13.1. The molecule has 0 spiro atoms. The Morgan fingerprint density at radius 2 is 1.75 bits per heavy atom. The average Bonchev–Trinajstić information content (AvgIpc) is 2.72. The monoisotopic (exact) mass is 398 g/mol. The first kappa shape index (κ1) is 13.1. The van der Waals surface area contributed by atoms with Crippen molar-refractivity contribution in [2.45, 2.75) is 19.2 Å². The van der Waals surface area contributed by atoms with Gasteiger partial charge in [-0.25, -0.2) is 0 Å². The maximum absolute atomic E-state index is 6.48. The summed E-state index contributed by atoms with van der Waals surface area (Å²) in [4.78, 5) is 3.66. The number of hydrogen-bond acceptors (Lipinski definition) is 2. The molecule has 2 aromatic rings. The van der Waals surface area contributed by atoms with Crippen LogP contribution in [-0.4, -0.2) is 0 Å². The van der Waals surface area contributed by atoms with E-state index in [4.69, 9.17) is 11.6 Å². The molecule has 0 radical (unpaired) electrons. The largest absolute Gasteiger partial charge is 0.143 e. The molecule has 16 heavy (non-hydrogen) atoms. The zero-order valence-corrected chi connectivity index (χ0v) is 14.2. The molecule has 86 valence electrons. The van der Waals surface area contributed by atoms with Crippen molar-refractivity contribution < 1.29 is 0 Å². The quantitative estimate of drug-likeness (QED) is 0.521. The number of alkyl halides is 1. The molecular formula is C11H9Br2ClS2. The summed E-state index contributed by atoms with van der Waals surface area (Å²) in [5.41, 5.74) is 1.25. The van der Waals surface area contributed by atoms with E-state index in [1.54, 1.807) is 22.7 Å². The first-order chi connectivity index (χ1) is 7.49. The summed E-state index contributed by atoms with van der Waals surface area (Å²) in [6, 6.07) is 4.26. The van der Waals surface area contributed by atoms with Gasteiger partial charge in [-0.3, -0.25) is 0 Å². The van der Waals surface area contributed by atoms with Crippen molar-refractivity contribution in [2.24, 2.45) is 0 Å². The molecule has 0 aliphatic carbocycles. The van der Waals surface area contributed by atoms with E-state index in [9.17, 15) is 0 Å². The van der Waals surface area contributed by atoms with Crippen LogP contribution in [0.2, 0.25) is 0 Å². The molecule has 0 aliphatic rings. The first-order valence-corrected chi connectivity index (χ1v) is 8.30. The number of aryl methyl sites for hydroxylation is 2. The van der Waals surface area contributed by atoms with Crippen LogP contribution in [0.1, 0.15) is 25.6 Å². The fraction of sp³-hybridized carbons (Fsp3) is 0.273. The summed E-state index contributed by atoms with van der Waals surface area (Å²) in [7, 11) is 0. The van der Waals surface area contributed by atoms with Gasteiger partial charge in [-0.1, -0.05) is 0 Å². The van der Waals surface area contributed by atoms with Crippen LogP contribution < -0.4 is 0 Å². The zero-order valence-electron chi connectivity index (χ0n) is 8.68. The molecule has 0 bridgehead atoms. The minimum atomic E-state index is -0.0370. The Morgan fingerprint density at radius 3 is 2.19 bits per heavy atom. The lowest BCUT2D eigenvalue weighted by Gasteiger charge is -2.02. The number of halogens is 3. The Morgan fingerprint density at radius 1 is 1.12 bits per heavy atom. The molecule has 5 heteroatoms. The van der Waals surface area contributed by atoms with E-state index < -0.39 is 0 Å². The molecule has 0 aliphatic heterocycles. The van der Waals surface area contributed by atoms with E-state index in [2.05, 4.69) is 57.8 Å². The van der Waals surface area contributed by atoms with Gasteiger partial charge in [-0.15, -0.1) is 34.3 Å². The highest BCUT2D eigenvalue weighted by Crippen LogP contribution is 2.41. The van der Waals surface area contributed by atoms with Gasteiger partial charge in [-0.05, 0) is 63.4 Å². The molecule has 0 saturated carbocycles. The summed E-state index contributed by atoms with van der Waals surface area (Å²) in [5, 5.41) is -0.0370. The number of hydrogen-bond donors (Lipinski definition) is 0. The van der Waals surface area contributed by atoms with E-state index >= 15 is 0 Å². The van der Waals surface area contributed by atoms with Gasteiger partial charge >= 0.3 is 0 Å². The lowest BCUT2D eigenvalue weighted by Crippen LogP contribution is -1.84. The molecule has 0 nitrogen and oxygen atoms in total. The zero-order chi connectivity index (χ0) is 11.9. The lowest BCUT2D eigenvalue weighted by atomic mass is 10.2. The molecule has 2 rings (SSSR count). The van der Waals surface area contributed by atoms with E-state index in [0.717, 1.165) is 4.47 Å². The van der Waals surface area contributed by atoms with E-state index in [0.29, 0.717) is 0 Å². The smallest absolute Gasteiger partial charge is 0.102 e. The van der Waals surface area contributed by atoms with Crippen LogP contribution in [0.25, 0.3) is 0 Å². The molecule has 0 fully saturated rings. The van der Waals surface area contributed by atoms with Crippen molar-refractivity contribution in [1.82, 2.24) is 0 Å². The third kappa shape index (κ3) is 2.56. The highest BCUT2D eigenvalue weighted by Gasteiger charge is 2.17. The van der Waals surface area contributed by atoms with Gasteiger partial charge in [0.15, 0.2) is 0 Å². The van der Waals surface area contributed by atoms with Gasteiger partial charge in [0.05, 0.1) is 3.79 Å². The minimum absolute atomic E-state index is 0.0370. The van der Waals surface area contributed by atoms with Gasteiger partial charge in [0.2, 0.25) is 0 Å². The second kappa shape index (κ2) is 5.11. The maximum Gasteiger partial charge on any atom is 0.102 e. The van der Waals surface area contributed by atoms with Crippen LogP contribution in [0.5, 0.6) is 0 Å². The Balaban J connectivity index is 2.34. The van der Waals surface area contributed by atoms with E-state index in [-0.39, 0.29) is 5.38 Å². The highest BCUT2D eigenvalue weighted by atomic mass is 79.9. The Kier molecular flexibility index (Phi) is 4.18. The first-order valence-electron chi connectivity index (χ1n) is 4.64. The highest BCUT2D eigenvalue weighted by molar-refractivity contribution is 9.11. The van der Waals surface area contributed by atoms with Crippen LogP contribution in [0, 0.1) is 13.8 Å². The van der Waals surface area contributed by atoms with Crippen molar-refractivity contribution in [2.75, 3.05) is 0 Å². The van der Waals surface area contributed by atoms with Gasteiger partial charge in [0.1, 0.15) is 5.38 Å². The summed E-state index contributed by atoms with van der Waals surface area (Å²) >= 11 is 17.0. The Bertz CT molecular complexity index is 431. The summed E-state index contributed by atoms with van der Waals surface area (Å²) in [6.45, 7) is 4.18. The van der Waals surface area contributed by atoms with Crippen molar-refractivity contribution >= 4 is 66.1 Å². The van der Waals surface area contributed by atoms with Gasteiger partial charge in [0, 0.05) is 19.1 Å².